The molecule has 0 unspecified atom stereocenters. The van der Waals surface area contributed by atoms with Crippen LogP contribution in [0.5, 0.6) is 0 Å². The van der Waals surface area contributed by atoms with Gasteiger partial charge in [0.1, 0.15) is 0 Å². The van der Waals surface area contributed by atoms with Crippen molar-refractivity contribution in [2.45, 2.75) is 25.8 Å². The summed E-state index contributed by atoms with van der Waals surface area (Å²) >= 11 is 7.70. The molecule has 23 heavy (non-hydrogen) atoms. The van der Waals surface area contributed by atoms with Crippen LogP contribution in [-0.4, -0.2) is 23.9 Å². The molecule has 2 aromatic rings. The fourth-order valence-electron chi connectivity index (χ4n) is 2.82. The summed E-state index contributed by atoms with van der Waals surface area (Å²) in [7, 11) is 0. The summed E-state index contributed by atoms with van der Waals surface area (Å²) in [4.78, 5) is 16.0. The number of nitrogens with zero attached hydrogens (tertiary/aromatic N) is 1. The molecule has 3 N–H and O–H groups in total. The van der Waals surface area contributed by atoms with Gasteiger partial charge < -0.3 is 11.1 Å². The third kappa shape index (κ3) is 4.25. The van der Waals surface area contributed by atoms with Gasteiger partial charge in [-0.05, 0) is 54.6 Å². The predicted molar refractivity (Wildman–Crippen MR) is 97.0 cm³/mol. The molecule has 1 aliphatic heterocycles. The lowest BCUT2D eigenvalue weighted by molar-refractivity contribution is -0.116. The molecular formula is C17H20ClN3OS. The number of amides is 1. The Balaban J connectivity index is 1.43. The molecule has 4 nitrogen and oxygen atoms in total. The van der Waals surface area contributed by atoms with Crippen molar-refractivity contribution in [2.75, 3.05) is 24.1 Å². The van der Waals surface area contributed by atoms with Crippen molar-refractivity contribution in [3.05, 3.63) is 45.1 Å². The molecule has 0 atom stereocenters. The van der Waals surface area contributed by atoms with Crippen LogP contribution in [0.1, 0.15) is 23.3 Å². The van der Waals surface area contributed by atoms with E-state index in [1.165, 1.54) is 10.4 Å². The molecule has 0 fully saturated rings. The van der Waals surface area contributed by atoms with Crippen molar-refractivity contribution in [3.63, 3.8) is 0 Å². The van der Waals surface area contributed by atoms with E-state index in [1.54, 1.807) is 18.2 Å². The number of nitrogen functional groups attached to an aromatic ring is 1. The highest BCUT2D eigenvalue weighted by atomic mass is 35.5. The van der Waals surface area contributed by atoms with Crippen molar-refractivity contribution in [3.8, 4) is 0 Å². The number of nitrogens with one attached hydrogen (secondary N) is 1. The summed E-state index contributed by atoms with van der Waals surface area (Å²) < 4.78 is 0. The van der Waals surface area contributed by atoms with Crippen LogP contribution in [0.2, 0.25) is 5.02 Å². The Morgan fingerprint density at radius 2 is 2.26 bits per heavy atom. The lowest BCUT2D eigenvalue weighted by Crippen LogP contribution is -2.31. The Hall–Kier alpha value is -1.56. The van der Waals surface area contributed by atoms with Crippen LogP contribution < -0.4 is 11.1 Å². The number of hydrogen-bond acceptors (Lipinski definition) is 4. The van der Waals surface area contributed by atoms with E-state index in [2.05, 4.69) is 21.7 Å². The second kappa shape index (κ2) is 7.34. The number of fused-ring (bicyclic) bond motifs is 1. The van der Waals surface area contributed by atoms with Crippen LogP contribution in [0.4, 0.5) is 11.4 Å². The first-order valence-corrected chi connectivity index (χ1v) is 9.00. The molecule has 0 saturated heterocycles. The van der Waals surface area contributed by atoms with Crippen LogP contribution >= 0.6 is 22.9 Å². The minimum atomic E-state index is -0.00717. The molecule has 1 aromatic carbocycles. The fraction of sp³-hybridized carbons (Fsp3) is 0.353. The van der Waals surface area contributed by atoms with Gasteiger partial charge in [0.05, 0.1) is 11.4 Å². The van der Waals surface area contributed by atoms with Gasteiger partial charge in [-0.25, -0.2) is 0 Å². The van der Waals surface area contributed by atoms with E-state index in [-0.39, 0.29) is 5.91 Å². The summed E-state index contributed by atoms with van der Waals surface area (Å²) in [5.41, 5.74) is 8.41. The van der Waals surface area contributed by atoms with E-state index in [1.807, 2.05) is 11.3 Å². The molecule has 1 aliphatic rings. The lowest BCUT2D eigenvalue weighted by atomic mass is 10.1. The van der Waals surface area contributed by atoms with E-state index in [0.717, 1.165) is 32.5 Å². The maximum Gasteiger partial charge on any atom is 0.224 e. The SMILES string of the molecule is Nc1cc(Cl)ccc1NC(=O)CCCN1CCc2sccc2C1. The van der Waals surface area contributed by atoms with Gasteiger partial charge in [0.15, 0.2) is 0 Å². The van der Waals surface area contributed by atoms with Crippen molar-refractivity contribution in [1.29, 1.82) is 0 Å². The number of halogens is 1. The number of carbonyl (C=O) groups is 1. The molecular weight excluding hydrogens is 330 g/mol. The van der Waals surface area contributed by atoms with Crippen LogP contribution in [-0.2, 0) is 17.8 Å². The second-order valence-electron chi connectivity index (χ2n) is 5.78. The van der Waals surface area contributed by atoms with E-state index in [4.69, 9.17) is 17.3 Å². The molecule has 122 valence electrons. The van der Waals surface area contributed by atoms with Gasteiger partial charge in [-0.2, -0.15) is 0 Å². The molecule has 1 aromatic heterocycles. The molecule has 2 heterocycles. The highest BCUT2D eigenvalue weighted by Crippen LogP contribution is 2.25. The van der Waals surface area contributed by atoms with Gasteiger partial charge in [-0.1, -0.05) is 11.6 Å². The molecule has 1 amide bonds. The smallest absolute Gasteiger partial charge is 0.224 e. The van der Waals surface area contributed by atoms with Gasteiger partial charge in [0.2, 0.25) is 5.91 Å². The molecule has 0 saturated carbocycles. The van der Waals surface area contributed by atoms with E-state index < -0.39 is 0 Å². The zero-order chi connectivity index (χ0) is 16.2. The maximum atomic E-state index is 12.0. The molecule has 0 spiro atoms. The largest absolute Gasteiger partial charge is 0.397 e. The normalized spacial score (nSPS) is 14.5. The second-order valence-corrected chi connectivity index (χ2v) is 7.22. The van der Waals surface area contributed by atoms with E-state index >= 15 is 0 Å². The minimum Gasteiger partial charge on any atom is -0.397 e. The number of rotatable bonds is 5. The summed E-state index contributed by atoms with van der Waals surface area (Å²) in [5, 5.41) is 5.58. The van der Waals surface area contributed by atoms with Gasteiger partial charge in [-0.15, -0.1) is 11.3 Å². The first-order chi connectivity index (χ1) is 11.1. The van der Waals surface area contributed by atoms with Crippen LogP contribution in [0.25, 0.3) is 0 Å². The number of benzene rings is 1. The fourth-order valence-corrected chi connectivity index (χ4v) is 3.89. The minimum absolute atomic E-state index is 0.00717. The van der Waals surface area contributed by atoms with Crippen molar-refractivity contribution >= 4 is 40.2 Å². The van der Waals surface area contributed by atoms with Crippen molar-refractivity contribution < 1.29 is 4.79 Å². The topological polar surface area (TPSA) is 58.4 Å². The Morgan fingerprint density at radius 3 is 3.09 bits per heavy atom. The van der Waals surface area contributed by atoms with Gasteiger partial charge in [-0.3, -0.25) is 9.69 Å². The third-order valence-corrected chi connectivity index (χ3v) is 5.31. The van der Waals surface area contributed by atoms with Crippen molar-refractivity contribution in [1.82, 2.24) is 4.90 Å². The van der Waals surface area contributed by atoms with Crippen LogP contribution in [0, 0.1) is 0 Å². The van der Waals surface area contributed by atoms with E-state index in [9.17, 15) is 4.79 Å². The average Bonchev–Trinajstić information content (AvgIpc) is 2.98. The summed E-state index contributed by atoms with van der Waals surface area (Å²) in [5.74, 6) is -0.00717. The number of anilines is 2. The highest BCUT2D eigenvalue weighted by molar-refractivity contribution is 7.10. The monoisotopic (exact) mass is 349 g/mol. The first kappa shape index (κ1) is 16.3. The third-order valence-electron chi connectivity index (χ3n) is 4.05. The molecule has 0 aliphatic carbocycles. The van der Waals surface area contributed by atoms with Gasteiger partial charge in [0.25, 0.3) is 0 Å². The van der Waals surface area contributed by atoms with Crippen LogP contribution in [0.3, 0.4) is 0 Å². The molecule has 3 rings (SSSR count). The Bertz CT molecular complexity index is 701. The first-order valence-electron chi connectivity index (χ1n) is 7.74. The zero-order valence-corrected chi connectivity index (χ0v) is 14.4. The average molecular weight is 350 g/mol. The number of nitrogens with two attached hydrogens (primary N) is 1. The summed E-state index contributed by atoms with van der Waals surface area (Å²) in [6.45, 7) is 3.03. The zero-order valence-electron chi connectivity index (χ0n) is 12.8. The lowest BCUT2D eigenvalue weighted by Gasteiger charge is -2.26. The molecule has 0 radical (unpaired) electrons. The Morgan fingerprint density at radius 1 is 1.39 bits per heavy atom. The number of hydrogen-bond donors (Lipinski definition) is 2. The summed E-state index contributed by atoms with van der Waals surface area (Å²) in [6.07, 6.45) is 2.47. The predicted octanol–water partition coefficient (Wildman–Crippen LogP) is 3.76. The highest BCUT2D eigenvalue weighted by Gasteiger charge is 2.17. The van der Waals surface area contributed by atoms with Crippen LogP contribution in [0.15, 0.2) is 29.6 Å². The Labute approximate surface area is 145 Å². The van der Waals surface area contributed by atoms with E-state index in [0.29, 0.717) is 22.8 Å². The quantitative estimate of drug-likeness (QED) is 0.808. The number of thiophene rings is 1. The maximum absolute atomic E-state index is 12.0. The molecule has 0 bridgehead atoms. The van der Waals surface area contributed by atoms with Gasteiger partial charge >= 0.3 is 0 Å². The number of carbonyl (C=O) groups excluding carboxylic acids is 1. The molecule has 6 heteroatoms. The summed E-state index contributed by atoms with van der Waals surface area (Å²) in [6, 6.07) is 7.31. The Kier molecular flexibility index (Phi) is 5.20. The van der Waals surface area contributed by atoms with Crippen molar-refractivity contribution in [2.24, 2.45) is 0 Å². The standard InChI is InChI=1S/C17H20ClN3OS/c18-13-3-4-15(14(19)10-13)20-17(22)2-1-7-21-8-5-16-12(11-21)6-9-23-16/h3-4,6,9-10H,1-2,5,7-8,11,19H2,(H,20,22). The van der Waals surface area contributed by atoms with Gasteiger partial charge in [0, 0.05) is 29.4 Å².